The maximum absolute atomic E-state index is 12.8. The van der Waals surface area contributed by atoms with Crippen LogP contribution < -0.4 is 0 Å². The molecule has 35 heavy (non-hydrogen) atoms. The van der Waals surface area contributed by atoms with Crippen molar-refractivity contribution in [1.29, 1.82) is 0 Å². The minimum atomic E-state index is -0.820. The van der Waals surface area contributed by atoms with Gasteiger partial charge in [0.25, 0.3) is 0 Å². The Bertz CT molecular complexity index is 798. The largest absolute Gasteiger partial charge is 0.456 e. The Morgan fingerprint density at radius 2 is 1.71 bits per heavy atom. The molecule has 7 heteroatoms. The number of fused-ring (bicyclic) bond motifs is 1. The van der Waals surface area contributed by atoms with Gasteiger partial charge in [-0.15, -0.1) is 0 Å². The lowest BCUT2D eigenvalue weighted by Crippen LogP contribution is -2.42. The maximum atomic E-state index is 12.8. The Morgan fingerprint density at radius 1 is 1.00 bits per heavy atom. The molecule has 1 N–H and O–H groups in total. The number of aliphatic hydroxyl groups excluding tert-OH is 1. The van der Waals surface area contributed by atoms with E-state index in [-0.39, 0.29) is 24.3 Å². The molecule has 7 atom stereocenters. The Kier molecular flexibility index (Phi) is 9.22. The number of carbonyl (C=O) groups is 1. The number of aliphatic hydroxyl groups is 1. The molecule has 1 aromatic rings. The Balaban J connectivity index is 1.33. The molecule has 3 saturated heterocycles. The molecule has 7 nitrogen and oxygen atoms in total. The first-order valence-corrected chi connectivity index (χ1v) is 13.5. The molecule has 0 amide bonds. The summed E-state index contributed by atoms with van der Waals surface area (Å²) in [7, 11) is 0. The third-order valence-corrected chi connectivity index (χ3v) is 7.28. The highest BCUT2D eigenvalue weighted by Gasteiger charge is 2.57. The van der Waals surface area contributed by atoms with E-state index in [1.807, 2.05) is 32.0 Å². The highest BCUT2D eigenvalue weighted by molar-refractivity contribution is 5.89. The number of carbonyl (C=O) groups excluding carboxylic acids is 1. The van der Waals surface area contributed by atoms with Crippen molar-refractivity contribution in [3.8, 4) is 0 Å². The van der Waals surface area contributed by atoms with Crippen LogP contribution in [0.2, 0.25) is 0 Å². The fourth-order valence-corrected chi connectivity index (χ4v) is 5.43. The van der Waals surface area contributed by atoms with E-state index in [0.29, 0.717) is 5.56 Å². The number of rotatable bonds is 12. The van der Waals surface area contributed by atoms with Crippen LogP contribution in [-0.4, -0.2) is 59.8 Å². The minimum absolute atomic E-state index is 0.220. The Hall–Kier alpha value is -1.51. The predicted octanol–water partition coefficient (Wildman–Crippen LogP) is 5.14. The highest BCUT2D eigenvalue weighted by atomic mass is 16.8. The van der Waals surface area contributed by atoms with Crippen LogP contribution in [0, 0.1) is 0 Å². The smallest absolute Gasteiger partial charge is 0.338 e. The second kappa shape index (κ2) is 12.2. The molecule has 0 spiro atoms. The fourth-order valence-electron chi connectivity index (χ4n) is 5.43. The van der Waals surface area contributed by atoms with Crippen LogP contribution in [0.3, 0.4) is 0 Å². The molecule has 3 aliphatic heterocycles. The molecule has 196 valence electrons. The molecular weight excluding hydrogens is 448 g/mol. The summed E-state index contributed by atoms with van der Waals surface area (Å²) >= 11 is 0. The number of hydrogen-bond donors (Lipinski definition) is 1. The van der Waals surface area contributed by atoms with E-state index in [9.17, 15) is 9.90 Å². The zero-order chi connectivity index (χ0) is 24.8. The Morgan fingerprint density at radius 3 is 2.43 bits per heavy atom. The maximum Gasteiger partial charge on any atom is 0.338 e. The van der Waals surface area contributed by atoms with Crippen LogP contribution in [0.1, 0.15) is 95.3 Å². The zero-order valence-electron chi connectivity index (χ0n) is 21.4. The molecule has 0 saturated carbocycles. The SMILES string of the molecule is CCCCCCCCC[C@@H](OC(=O)c1ccccc1)[C@@H]1CC[C@@H]([C@@H]2O[C@H]3OC(C)(C)O[C@@H]3[C@H]2O)O1. The van der Waals surface area contributed by atoms with Gasteiger partial charge in [-0.25, -0.2) is 4.79 Å². The second-order valence-corrected chi connectivity index (χ2v) is 10.6. The van der Waals surface area contributed by atoms with Crippen LogP contribution in [0.15, 0.2) is 30.3 Å². The van der Waals surface area contributed by atoms with E-state index in [0.717, 1.165) is 32.1 Å². The molecule has 0 radical (unpaired) electrons. The molecule has 0 aliphatic carbocycles. The average Bonchev–Trinajstić information content (AvgIpc) is 3.52. The van der Waals surface area contributed by atoms with Gasteiger partial charge in [0.1, 0.15) is 24.4 Å². The van der Waals surface area contributed by atoms with Gasteiger partial charge in [0.15, 0.2) is 12.1 Å². The molecule has 0 aromatic heterocycles. The van der Waals surface area contributed by atoms with Crippen LogP contribution in [0.4, 0.5) is 0 Å². The number of unbranched alkanes of at least 4 members (excludes halogenated alkanes) is 6. The minimum Gasteiger partial charge on any atom is -0.456 e. The summed E-state index contributed by atoms with van der Waals surface area (Å²) in [5.41, 5.74) is 0.547. The summed E-state index contributed by atoms with van der Waals surface area (Å²) in [6, 6.07) is 9.10. The van der Waals surface area contributed by atoms with Crippen molar-refractivity contribution < 1.29 is 33.6 Å². The van der Waals surface area contributed by atoms with Crippen LogP contribution >= 0.6 is 0 Å². The molecule has 3 fully saturated rings. The highest BCUT2D eigenvalue weighted by Crippen LogP contribution is 2.41. The lowest BCUT2D eigenvalue weighted by Gasteiger charge is -2.28. The second-order valence-electron chi connectivity index (χ2n) is 10.6. The van der Waals surface area contributed by atoms with Crippen LogP contribution in [0.25, 0.3) is 0 Å². The average molecular weight is 491 g/mol. The van der Waals surface area contributed by atoms with Gasteiger partial charge in [0, 0.05) is 0 Å². The van der Waals surface area contributed by atoms with E-state index >= 15 is 0 Å². The van der Waals surface area contributed by atoms with E-state index < -0.39 is 30.4 Å². The summed E-state index contributed by atoms with van der Waals surface area (Å²) in [5, 5.41) is 10.8. The quantitative estimate of drug-likeness (QED) is 0.321. The van der Waals surface area contributed by atoms with Crippen LogP contribution in [-0.2, 0) is 23.7 Å². The van der Waals surface area contributed by atoms with Crippen molar-refractivity contribution in [1.82, 2.24) is 0 Å². The number of esters is 1. The molecule has 3 aliphatic rings. The van der Waals surface area contributed by atoms with Gasteiger partial charge < -0.3 is 28.8 Å². The van der Waals surface area contributed by atoms with Gasteiger partial charge in [-0.3, -0.25) is 0 Å². The molecule has 1 aromatic carbocycles. The zero-order valence-corrected chi connectivity index (χ0v) is 21.4. The third kappa shape index (κ3) is 6.83. The van der Waals surface area contributed by atoms with Gasteiger partial charge >= 0.3 is 5.97 Å². The van der Waals surface area contributed by atoms with Gasteiger partial charge in [0.05, 0.1) is 17.8 Å². The van der Waals surface area contributed by atoms with E-state index in [1.165, 1.54) is 32.1 Å². The standard InChI is InChI=1S/C28H42O7/c1-4-5-6-7-8-9-13-16-20(32-26(30)19-14-11-10-12-15-19)21-17-18-22(31-21)24-23(29)25-27(33-24)35-28(2,3)34-25/h10-12,14-15,20-25,27,29H,4-9,13,16-18H2,1-3H3/t20-,21+,22+,23+,24+,25-,27+/m1/s1. The summed E-state index contributed by atoms with van der Waals surface area (Å²) in [4.78, 5) is 12.8. The Labute approximate surface area is 209 Å². The van der Waals surface area contributed by atoms with Gasteiger partial charge in [0.2, 0.25) is 0 Å². The van der Waals surface area contributed by atoms with Crippen molar-refractivity contribution in [2.45, 2.75) is 134 Å². The number of hydrogen-bond acceptors (Lipinski definition) is 7. The van der Waals surface area contributed by atoms with Crippen molar-refractivity contribution in [2.75, 3.05) is 0 Å². The van der Waals surface area contributed by atoms with Crippen molar-refractivity contribution in [3.05, 3.63) is 35.9 Å². The molecule has 3 heterocycles. The first-order valence-electron chi connectivity index (χ1n) is 13.5. The summed E-state index contributed by atoms with van der Waals surface area (Å²) in [6.45, 7) is 5.85. The summed E-state index contributed by atoms with van der Waals surface area (Å²) in [5.74, 6) is -1.09. The molecular formula is C28H42O7. The summed E-state index contributed by atoms with van der Waals surface area (Å²) in [6.07, 6.45) is 7.36. The van der Waals surface area contributed by atoms with Crippen molar-refractivity contribution in [2.24, 2.45) is 0 Å². The van der Waals surface area contributed by atoms with Gasteiger partial charge in [-0.05, 0) is 51.7 Å². The molecule has 4 rings (SSSR count). The fraction of sp³-hybridized carbons (Fsp3) is 0.750. The van der Waals surface area contributed by atoms with Crippen molar-refractivity contribution in [3.63, 3.8) is 0 Å². The third-order valence-electron chi connectivity index (χ3n) is 7.28. The van der Waals surface area contributed by atoms with Crippen LogP contribution in [0.5, 0.6) is 0 Å². The number of benzene rings is 1. The monoisotopic (exact) mass is 490 g/mol. The predicted molar refractivity (Wildman–Crippen MR) is 131 cm³/mol. The first kappa shape index (κ1) is 26.6. The topological polar surface area (TPSA) is 83.5 Å². The molecule has 0 unspecified atom stereocenters. The summed E-state index contributed by atoms with van der Waals surface area (Å²) < 4.78 is 30.0. The van der Waals surface area contributed by atoms with E-state index in [1.54, 1.807) is 12.1 Å². The van der Waals surface area contributed by atoms with E-state index in [4.69, 9.17) is 23.7 Å². The van der Waals surface area contributed by atoms with Gasteiger partial charge in [-0.2, -0.15) is 0 Å². The lowest BCUT2D eigenvalue weighted by atomic mass is 10.00. The van der Waals surface area contributed by atoms with Crippen molar-refractivity contribution >= 4 is 5.97 Å². The number of ether oxygens (including phenoxy) is 5. The lowest BCUT2D eigenvalue weighted by molar-refractivity contribution is -0.229. The molecule has 0 bridgehead atoms. The normalized spacial score (nSPS) is 32.5. The first-order chi connectivity index (χ1) is 16.9. The van der Waals surface area contributed by atoms with E-state index in [2.05, 4.69) is 6.92 Å². The van der Waals surface area contributed by atoms with Gasteiger partial charge in [-0.1, -0.05) is 63.6 Å².